The number of hydrogen-bond donors (Lipinski definition) is 0. The molecule has 0 bridgehead atoms. The van der Waals surface area contributed by atoms with Gasteiger partial charge < -0.3 is 0 Å². The highest BCUT2D eigenvalue weighted by molar-refractivity contribution is 6.27. The zero-order valence-corrected chi connectivity index (χ0v) is 7.11. The molecule has 0 aromatic rings. The smallest absolute Gasteiger partial charge is 0.150 e. The third-order valence-corrected chi connectivity index (χ3v) is 2.51. The van der Waals surface area contributed by atoms with Crippen molar-refractivity contribution >= 4 is 17.4 Å². The van der Waals surface area contributed by atoms with Crippen LogP contribution in [0.25, 0.3) is 0 Å². The predicted molar refractivity (Wildman–Crippen MR) is 42.6 cm³/mol. The first-order valence-corrected chi connectivity index (χ1v) is 4.50. The van der Waals surface area contributed by atoms with E-state index in [0.29, 0.717) is 25.7 Å². The molecule has 0 unspecified atom stereocenters. The Bertz CT molecular complexity index is 141. The van der Waals surface area contributed by atoms with Gasteiger partial charge in [0.2, 0.25) is 0 Å². The Labute approximate surface area is 70.9 Å². The minimum absolute atomic E-state index is 0.0412. The van der Waals surface area contributed by atoms with E-state index in [9.17, 15) is 9.18 Å². The SMILES string of the molecule is O=C(CCl)C1CCC(F)CC1. The lowest BCUT2D eigenvalue weighted by molar-refractivity contribution is -0.121. The van der Waals surface area contributed by atoms with Crippen molar-refractivity contribution in [2.45, 2.75) is 31.9 Å². The number of hydrogen-bond acceptors (Lipinski definition) is 1. The fraction of sp³-hybridized carbons (Fsp3) is 0.875. The van der Waals surface area contributed by atoms with E-state index in [4.69, 9.17) is 11.6 Å². The van der Waals surface area contributed by atoms with Crippen molar-refractivity contribution in [3.05, 3.63) is 0 Å². The lowest BCUT2D eigenvalue weighted by Gasteiger charge is -2.21. The van der Waals surface area contributed by atoms with Crippen molar-refractivity contribution in [3.63, 3.8) is 0 Å². The molecule has 1 nitrogen and oxygen atoms in total. The molecule has 1 rings (SSSR count). The summed E-state index contributed by atoms with van der Waals surface area (Å²) in [6, 6.07) is 0. The molecule has 0 aromatic carbocycles. The van der Waals surface area contributed by atoms with Gasteiger partial charge in [-0.25, -0.2) is 4.39 Å². The van der Waals surface area contributed by atoms with E-state index >= 15 is 0 Å². The summed E-state index contributed by atoms with van der Waals surface area (Å²) in [5.41, 5.74) is 0. The number of carbonyl (C=O) groups excluding carboxylic acids is 1. The molecule has 0 heterocycles. The molecule has 0 aliphatic heterocycles. The van der Waals surface area contributed by atoms with E-state index in [-0.39, 0.29) is 17.6 Å². The van der Waals surface area contributed by atoms with Crippen LogP contribution in [0, 0.1) is 5.92 Å². The first-order chi connectivity index (χ1) is 5.24. The maximum atomic E-state index is 12.6. The van der Waals surface area contributed by atoms with Gasteiger partial charge >= 0.3 is 0 Å². The summed E-state index contributed by atoms with van der Waals surface area (Å²) in [6.07, 6.45) is 1.76. The number of alkyl halides is 2. The molecule has 1 aliphatic rings. The molecule has 0 amide bonds. The average molecular weight is 179 g/mol. The first-order valence-electron chi connectivity index (χ1n) is 3.96. The van der Waals surface area contributed by atoms with Crippen LogP contribution in [0.2, 0.25) is 0 Å². The van der Waals surface area contributed by atoms with Crippen LogP contribution in [-0.2, 0) is 4.79 Å². The third kappa shape index (κ3) is 2.44. The quantitative estimate of drug-likeness (QED) is 0.594. The number of rotatable bonds is 2. The second kappa shape index (κ2) is 4.05. The summed E-state index contributed by atoms with van der Waals surface area (Å²) < 4.78 is 12.6. The van der Waals surface area contributed by atoms with Gasteiger partial charge in [0.15, 0.2) is 5.78 Å². The van der Waals surface area contributed by atoms with Gasteiger partial charge in [-0.1, -0.05) is 0 Å². The standard InChI is InChI=1S/C8H12ClFO/c9-5-8(11)6-1-3-7(10)4-2-6/h6-7H,1-5H2. The largest absolute Gasteiger partial charge is 0.298 e. The van der Waals surface area contributed by atoms with Crippen LogP contribution >= 0.6 is 11.6 Å². The molecule has 0 atom stereocenters. The van der Waals surface area contributed by atoms with Crippen LogP contribution < -0.4 is 0 Å². The molecule has 0 spiro atoms. The minimum atomic E-state index is -0.686. The van der Waals surface area contributed by atoms with Crippen LogP contribution in [0.1, 0.15) is 25.7 Å². The maximum Gasteiger partial charge on any atom is 0.150 e. The van der Waals surface area contributed by atoms with Crippen LogP contribution in [0.15, 0.2) is 0 Å². The second-order valence-electron chi connectivity index (χ2n) is 3.05. The van der Waals surface area contributed by atoms with Gasteiger partial charge in [-0.3, -0.25) is 4.79 Å². The van der Waals surface area contributed by atoms with Gasteiger partial charge in [-0.05, 0) is 25.7 Å². The molecule has 1 aliphatic carbocycles. The molecule has 0 N–H and O–H groups in total. The van der Waals surface area contributed by atoms with Crippen molar-refractivity contribution in [1.29, 1.82) is 0 Å². The third-order valence-electron chi connectivity index (χ3n) is 2.24. The Morgan fingerprint density at radius 2 is 1.91 bits per heavy atom. The molecular formula is C8H12ClFO. The molecule has 0 aromatic heterocycles. The van der Waals surface area contributed by atoms with E-state index < -0.39 is 6.17 Å². The first kappa shape index (κ1) is 8.98. The Morgan fingerprint density at radius 1 is 1.36 bits per heavy atom. The molecule has 1 fully saturated rings. The number of Topliss-reactive ketones (excluding diaryl/α,β-unsaturated/α-hetero) is 1. The lowest BCUT2D eigenvalue weighted by atomic mass is 9.86. The van der Waals surface area contributed by atoms with Crippen LogP contribution in [0.4, 0.5) is 4.39 Å². The van der Waals surface area contributed by atoms with E-state index in [1.165, 1.54) is 0 Å². The van der Waals surface area contributed by atoms with Crippen molar-refractivity contribution in [3.8, 4) is 0 Å². The van der Waals surface area contributed by atoms with E-state index in [2.05, 4.69) is 0 Å². The highest BCUT2D eigenvalue weighted by atomic mass is 35.5. The topological polar surface area (TPSA) is 17.1 Å². The Balaban J connectivity index is 2.33. The summed E-state index contributed by atoms with van der Waals surface area (Å²) in [4.78, 5) is 11.0. The summed E-state index contributed by atoms with van der Waals surface area (Å²) >= 11 is 5.38. The van der Waals surface area contributed by atoms with Gasteiger partial charge in [0.05, 0.1) is 5.88 Å². The molecule has 3 heteroatoms. The molecule has 0 radical (unpaired) electrons. The Morgan fingerprint density at radius 3 is 2.36 bits per heavy atom. The van der Waals surface area contributed by atoms with Crippen LogP contribution in [-0.4, -0.2) is 17.8 Å². The van der Waals surface area contributed by atoms with E-state index in [1.54, 1.807) is 0 Å². The van der Waals surface area contributed by atoms with Gasteiger partial charge in [0.25, 0.3) is 0 Å². The minimum Gasteiger partial charge on any atom is -0.298 e. The molecule has 0 saturated heterocycles. The van der Waals surface area contributed by atoms with Crippen molar-refractivity contribution in [1.82, 2.24) is 0 Å². The highest BCUT2D eigenvalue weighted by Gasteiger charge is 2.24. The molecule has 1 saturated carbocycles. The summed E-state index contributed by atoms with van der Waals surface area (Å²) in [5.74, 6) is 0.208. The van der Waals surface area contributed by atoms with Gasteiger partial charge in [0, 0.05) is 5.92 Å². The summed E-state index contributed by atoms with van der Waals surface area (Å²) in [6.45, 7) is 0. The fourth-order valence-electron chi connectivity index (χ4n) is 1.48. The Kier molecular flexibility index (Phi) is 3.31. The zero-order chi connectivity index (χ0) is 8.27. The lowest BCUT2D eigenvalue weighted by Crippen LogP contribution is -2.23. The second-order valence-corrected chi connectivity index (χ2v) is 3.32. The summed E-state index contributed by atoms with van der Waals surface area (Å²) in [5, 5.41) is 0. The van der Waals surface area contributed by atoms with E-state index in [0.717, 1.165) is 0 Å². The maximum absolute atomic E-state index is 12.6. The summed E-state index contributed by atoms with van der Waals surface area (Å²) in [7, 11) is 0. The van der Waals surface area contributed by atoms with Gasteiger partial charge in [0.1, 0.15) is 6.17 Å². The van der Waals surface area contributed by atoms with Crippen molar-refractivity contribution in [2.24, 2.45) is 5.92 Å². The van der Waals surface area contributed by atoms with E-state index in [1.807, 2.05) is 0 Å². The number of ketones is 1. The Hall–Kier alpha value is -0.110. The van der Waals surface area contributed by atoms with Crippen molar-refractivity contribution < 1.29 is 9.18 Å². The molecule has 11 heavy (non-hydrogen) atoms. The predicted octanol–water partition coefficient (Wildman–Crippen LogP) is 2.32. The number of halogens is 2. The molecular weight excluding hydrogens is 167 g/mol. The highest BCUT2D eigenvalue weighted by Crippen LogP contribution is 2.26. The van der Waals surface area contributed by atoms with Gasteiger partial charge in [-0.2, -0.15) is 0 Å². The fourth-order valence-corrected chi connectivity index (χ4v) is 1.70. The number of carbonyl (C=O) groups is 1. The van der Waals surface area contributed by atoms with Crippen LogP contribution in [0.5, 0.6) is 0 Å². The normalized spacial score (nSPS) is 31.8. The van der Waals surface area contributed by atoms with Gasteiger partial charge in [-0.15, -0.1) is 11.6 Å². The van der Waals surface area contributed by atoms with Crippen LogP contribution in [0.3, 0.4) is 0 Å². The zero-order valence-electron chi connectivity index (χ0n) is 6.35. The average Bonchev–Trinajstić information content (AvgIpc) is 2.05. The monoisotopic (exact) mass is 178 g/mol. The van der Waals surface area contributed by atoms with Crippen molar-refractivity contribution in [2.75, 3.05) is 5.88 Å². The molecule has 64 valence electrons.